The molecule has 2 aliphatic heterocycles. The van der Waals surface area contributed by atoms with Crippen LogP contribution in [0.15, 0.2) is 42.7 Å². The van der Waals surface area contributed by atoms with Gasteiger partial charge in [0.25, 0.3) is 0 Å². The summed E-state index contributed by atoms with van der Waals surface area (Å²) in [6.07, 6.45) is 3.62. The van der Waals surface area contributed by atoms with Crippen LogP contribution in [0, 0.1) is 5.92 Å². The maximum absolute atomic E-state index is 12.4. The highest BCUT2D eigenvalue weighted by Crippen LogP contribution is 2.33. The lowest BCUT2D eigenvalue weighted by atomic mass is 10.1. The second-order valence-electron chi connectivity index (χ2n) is 6.44. The van der Waals surface area contributed by atoms with Crippen molar-refractivity contribution in [2.75, 3.05) is 13.3 Å². The Morgan fingerprint density at radius 1 is 1.15 bits per heavy atom. The van der Waals surface area contributed by atoms with E-state index in [9.17, 15) is 9.59 Å². The zero-order chi connectivity index (χ0) is 17.9. The van der Waals surface area contributed by atoms with Gasteiger partial charge < -0.3 is 19.7 Å². The molecule has 3 heterocycles. The van der Waals surface area contributed by atoms with Gasteiger partial charge in [-0.2, -0.15) is 0 Å². The van der Waals surface area contributed by atoms with Crippen molar-refractivity contribution in [1.82, 2.24) is 15.2 Å². The number of amides is 2. The molecule has 7 nitrogen and oxygen atoms in total. The number of benzene rings is 1. The molecule has 2 aromatic rings. The van der Waals surface area contributed by atoms with Crippen LogP contribution in [-0.4, -0.2) is 35.0 Å². The summed E-state index contributed by atoms with van der Waals surface area (Å²) in [5, 5.41) is 2.90. The number of fused-ring (bicyclic) bond motifs is 1. The van der Waals surface area contributed by atoms with E-state index in [0.717, 1.165) is 16.9 Å². The highest BCUT2D eigenvalue weighted by Gasteiger charge is 2.34. The largest absolute Gasteiger partial charge is 0.454 e. The Balaban J connectivity index is 1.34. The van der Waals surface area contributed by atoms with Crippen LogP contribution in [0.4, 0.5) is 0 Å². The minimum atomic E-state index is -0.321. The van der Waals surface area contributed by atoms with Gasteiger partial charge in [-0.05, 0) is 35.4 Å². The van der Waals surface area contributed by atoms with Crippen molar-refractivity contribution in [3.63, 3.8) is 0 Å². The first-order valence-corrected chi connectivity index (χ1v) is 8.52. The molecule has 2 aliphatic rings. The van der Waals surface area contributed by atoms with Crippen LogP contribution in [0.2, 0.25) is 0 Å². The van der Waals surface area contributed by atoms with Crippen molar-refractivity contribution in [2.24, 2.45) is 5.92 Å². The predicted octanol–water partition coefficient (Wildman–Crippen LogP) is 1.48. The van der Waals surface area contributed by atoms with E-state index in [1.54, 1.807) is 17.3 Å². The van der Waals surface area contributed by atoms with Gasteiger partial charge in [-0.1, -0.05) is 6.07 Å². The van der Waals surface area contributed by atoms with Gasteiger partial charge in [0.05, 0.1) is 5.92 Å². The Labute approximate surface area is 150 Å². The predicted molar refractivity (Wildman–Crippen MR) is 92.2 cm³/mol. The fourth-order valence-electron chi connectivity index (χ4n) is 3.19. The van der Waals surface area contributed by atoms with E-state index in [0.29, 0.717) is 25.4 Å². The molecular weight excluding hydrogens is 334 g/mol. The number of likely N-dealkylation sites (tertiary alicyclic amines) is 1. The molecule has 0 aliphatic carbocycles. The molecule has 1 fully saturated rings. The number of nitrogens with zero attached hydrogens (tertiary/aromatic N) is 2. The zero-order valence-electron chi connectivity index (χ0n) is 14.2. The minimum Gasteiger partial charge on any atom is -0.454 e. The molecule has 0 spiro atoms. The summed E-state index contributed by atoms with van der Waals surface area (Å²) in [5.74, 6) is 0.990. The first-order valence-electron chi connectivity index (χ1n) is 8.52. The highest BCUT2D eigenvalue weighted by molar-refractivity contribution is 5.89. The highest BCUT2D eigenvalue weighted by atomic mass is 16.7. The number of hydrogen-bond acceptors (Lipinski definition) is 5. The van der Waals surface area contributed by atoms with Crippen molar-refractivity contribution < 1.29 is 19.1 Å². The van der Waals surface area contributed by atoms with Crippen molar-refractivity contribution in [3.8, 4) is 11.5 Å². The molecule has 1 aromatic heterocycles. The van der Waals surface area contributed by atoms with Crippen molar-refractivity contribution in [1.29, 1.82) is 0 Å². The number of hydrogen-bond donors (Lipinski definition) is 1. The monoisotopic (exact) mass is 353 g/mol. The van der Waals surface area contributed by atoms with E-state index in [1.807, 2.05) is 30.3 Å². The van der Waals surface area contributed by atoms with Gasteiger partial charge in [-0.3, -0.25) is 14.6 Å². The Morgan fingerprint density at radius 3 is 2.81 bits per heavy atom. The molecule has 134 valence electrons. The molecule has 1 unspecified atom stereocenters. The average Bonchev–Trinajstić information content (AvgIpc) is 3.27. The topological polar surface area (TPSA) is 80.8 Å². The fraction of sp³-hybridized carbons (Fsp3) is 0.316. The average molecular weight is 353 g/mol. The van der Waals surface area contributed by atoms with E-state index >= 15 is 0 Å². The van der Waals surface area contributed by atoms with Gasteiger partial charge in [-0.25, -0.2) is 0 Å². The van der Waals surface area contributed by atoms with Crippen molar-refractivity contribution in [3.05, 3.63) is 53.9 Å². The van der Waals surface area contributed by atoms with E-state index in [1.165, 1.54) is 0 Å². The molecule has 0 radical (unpaired) electrons. The van der Waals surface area contributed by atoms with Crippen LogP contribution in [0.1, 0.15) is 17.5 Å². The Bertz CT molecular complexity index is 825. The molecule has 0 bridgehead atoms. The van der Waals surface area contributed by atoms with Gasteiger partial charge in [0.1, 0.15) is 0 Å². The summed E-state index contributed by atoms with van der Waals surface area (Å²) < 4.78 is 10.7. The summed E-state index contributed by atoms with van der Waals surface area (Å²) in [4.78, 5) is 30.3. The third kappa shape index (κ3) is 3.46. The number of pyridine rings is 1. The fourth-order valence-corrected chi connectivity index (χ4v) is 3.19. The zero-order valence-corrected chi connectivity index (χ0v) is 14.2. The number of carbonyl (C=O) groups is 2. The molecule has 0 saturated carbocycles. The summed E-state index contributed by atoms with van der Waals surface area (Å²) in [5.41, 5.74) is 1.94. The molecular formula is C19H19N3O4. The standard InChI is InChI=1S/C19H19N3O4/c23-18-8-15(19(24)21-9-13-3-5-20-6-4-13)11-22(18)10-14-1-2-16-17(7-14)26-12-25-16/h1-7,15H,8-12H2,(H,21,24). The quantitative estimate of drug-likeness (QED) is 0.881. The summed E-state index contributed by atoms with van der Waals surface area (Å²) in [6.45, 7) is 1.55. The van der Waals surface area contributed by atoms with E-state index < -0.39 is 0 Å². The number of carbonyl (C=O) groups excluding carboxylic acids is 2. The summed E-state index contributed by atoms with van der Waals surface area (Å²) in [7, 11) is 0. The third-order valence-corrected chi connectivity index (χ3v) is 4.61. The molecule has 1 aromatic carbocycles. The number of nitrogens with one attached hydrogen (secondary N) is 1. The molecule has 7 heteroatoms. The molecule has 1 N–H and O–H groups in total. The van der Waals surface area contributed by atoms with E-state index in [2.05, 4.69) is 10.3 Å². The van der Waals surface area contributed by atoms with Crippen molar-refractivity contribution in [2.45, 2.75) is 19.5 Å². The molecule has 26 heavy (non-hydrogen) atoms. The second-order valence-corrected chi connectivity index (χ2v) is 6.44. The van der Waals surface area contributed by atoms with Gasteiger partial charge in [0.2, 0.25) is 18.6 Å². The van der Waals surface area contributed by atoms with Gasteiger partial charge >= 0.3 is 0 Å². The first kappa shape index (κ1) is 16.4. The SMILES string of the molecule is O=C(NCc1ccncc1)C1CC(=O)N(Cc2ccc3c(c2)OCO3)C1. The normalized spacial score (nSPS) is 18.2. The van der Waals surface area contributed by atoms with Crippen LogP contribution in [0.25, 0.3) is 0 Å². The molecule has 4 rings (SSSR count). The molecule has 2 amide bonds. The minimum absolute atomic E-state index is 0.00766. The summed E-state index contributed by atoms with van der Waals surface area (Å²) in [6, 6.07) is 9.35. The van der Waals surface area contributed by atoms with Crippen molar-refractivity contribution >= 4 is 11.8 Å². The number of aromatic nitrogens is 1. The summed E-state index contributed by atoms with van der Waals surface area (Å²) >= 11 is 0. The molecule has 1 saturated heterocycles. The lowest BCUT2D eigenvalue weighted by molar-refractivity contribution is -0.129. The van der Waals surface area contributed by atoms with Crippen LogP contribution >= 0.6 is 0 Å². The number of rotatable bonds is 5. The van der Waals surface area contributed by atoms with Gasteiger partial charge in [0.15, 0.2) is 11.5 Å². The maximum atomic E-state index is 12.4. The lowest BCUT2D eigenvalue weighted by Gasteiger charge is -2.17. The van der Waals surface area contributed by atoms with Gasteiger partial charge in [0, 0.05) is 38.4 Å². The smallest absolute Gasteiger partial charge is 0.231 e. The third-order valence-electron chi connectivity index (χ3n) is 4.61. The lowest BCUT2D eigenvalue weighted by Crippen LogP contribution is -2.32. The number of ether oxygens (including phenoxy) is 2. The van der Waals surface area contributed by atoms with Crippen LogP contribution < -0.4 is 14.8 Å². The molecule has 1 atom stereocenters. The Morgan fingerprint density at radius 2 is 1.96 bits per heavy atom. The van der Waals surface area contributed by atoms with E-state index in [-0.39, 0.29) is 30.9 Å². The van der Waals surface area contributed by atoms with Gasteiger partial charge in [-0.15, -0.1) is 0 Å². The maximum Gasteiger partial charge on any atom is 0.231 e. The van der Waals surface area contributed by atoms with Crippen LogP contribution in [0.3, 0.4) is 0 Å². The van der Waals surface area contributed by atoms with Crippen LogP contribution in [-0.2, 0) is 22.7 Å². The van der Waals surface area contributed by atoms with Crippen LogP contribution in [0.5, 0.6) is 11.5 Å². The Kier molecular flexibility index (Phi) is 4.43. The van der Waals surface area contributed by atoms with E-state index in [4.69, 9.17) is 9.47 Å². The first-order chi connectivity index (χ1) is 12.7. The second kappa shape index (κ2) is 7.03. The Hall–Kier alpha value is -3.09.